The minimum atomic E-state index is 0.269. The number of hydrogen-bond acceptors (Lipinski definition) is 3. The third-order valence-corrected chi connectivity index (χ3v) is 11.5. The van der Waals surface area contributed by atoms with E-state index in [0.29, 0.717) is 5.92 Å². The SMILES string of the molecule is COc1ccccc1-c1ccc(-c2ccc(N(c3ccc(-c4ccccc4)cc3)c3ccc(-c4cccc(N5c6ccccc6C6C=CC=CC65)c4)cc3)cc2)cc1. The highest BCUT2D eigenvalue weighted by molar-refractivity contribution is 5.83. The smallest absolute Gasteiger partial charge is 0.126 e. The fourth-order valence-electron chi connectivity index (χ4n) is 8.64. The largest absolute Gasteiger partial charge is 0.496 e. The van der Waals surface area contributed by atoms with Gasteiger partial charge in [-0.1, -0.05) is 164 Å². The second kappa shape index (κ2) is 15.3. The molecule has 2 unspecified atom stereocenters. The van der Waals surface area contributed by atoms with Crippen LogP contribution in [0.25, 0.3) is 44.5 Å². The lowest BCUT2D eigenvalue weighted by Gasteiger charge is -2.29. The average Bonchev–Trinajstić information content (AvgIpc) is 3.65. The summed E-state index contributed by atoms with van der Waals surface area (Å²) in [7, 11) is 1.72. The third-order valence-electron chi connectivity index (χ3n) is 11.5. The van der Waals surface area contributed by atoms with Gasteiger partial charge in [-0.3, -0.25) is 0 Å². The Bertz CT molecular complexity index is 2750. The van der Waals surface area contributed by atoms with Crippen molar-refractivity contribution in [2.45, 2.75) is 12.0 Å². The van der Waals surface area contributed by atoms with Crippen LogP contribution in [-0.2, 0) is 0 Å². The van der Waals surface area contributed by atoms with Crippen LogP contribution >= 0.6 is 0 Å². The monoisotopic (exact) mass is 746 g/mol. The quantitative estimate of drug-likeness (QED) is 0.146. The molecule has 0 saturated heterocycles. The van der Waals surface area contributed by atoms with Gasteiger partial charge in [0.15, 0.2) is 0 Å². The van der Waals surface area contributed by atoms with Crippen LogP contribution in [0.5, 0.6) is 5.75 Å². The maximum absolute atomic E-state index is 5.62. The summed E-state index contributed by atoms with van der Waals surface area (Å²) >= 11 is 0. The van der Waals surface area contributed by atoms with Crippen LogP contribution in [0.2, 0.25) is 0 Å². The first-order valence-corrected chi connectivity index (χ1v) is 19.9. The van der Waals surface area contributed by atoms with Crippen molar-refractivity contribution in [1.29, 1.82) is 0 Å². The van der Waals surface area contributed by atoms with Crippen LogP contribution in [0, 0.1) is 0 Å². The Morgan fingerprint density at radius 1 is 0.431 bits per heavy atom. The van der Waals surface area contributed by atoms with E-state index in [4.69, 9.17) is 4.74 Å². The van der Waals surface area contributed by atoms with Crippen molar-refractivity contribution in [3.05, 3.63) is 230 Å². The maximum atomic E-state index is 5.62. The fourth-order valence-corrected chi connectivity index (χ4v) is 8.64. The van der Waals surface area contributed by atoms with Crippen LogP contribution in [-0.4, -0.2) is 13.2 Å². The van der Waals surface area contributed by atoms with Gasteiger partial charge in [0.05, 0.1) is 13.2 Å². The summed E-state index contributed by atoms with van der Waals surface area (Å²) in [6.45, 7) is 0. The summed E-state index contributed by atoms with van der Waals surface area (Å²) in [4.78, 5) is 4.84. The molecule has 0 bridgehead atoms. The van der Waals surface area contributed by atoms with E-state index in [-0.39, 0.29) is 6.04 Å². The first-order valence-electron chi connectivity index (χ1n) is 19.9. The van der Waals surface area contributed by atoms with Crippen molar-refractivity contribution in [3.63, 3.8) is 0 Å². The predicted octanol–water partition coefficient (Wildman–Crippen LogP) is 14.6. The lowest BCUT2D eigenvalue weighted by atomic mass is 9.91. The van der Waals surface area contributed by atoms with Gasteiger partial charge in [-0.05, 0) is 105 Å². The standard InChI is InChI=1S/C55H42N2O/c1-58-55-21-10-7-16-50(55)44-24-22-40(23-25-44)42-28-34-47(35-29-42)56(46-32-26-41(27-33-46)39-12-3-2-4-13-39)48-36-30-43(31-37-48)45-14-11-15-49(38-45)57-53-19-8-5-17-51(53)52-18-6-9-20-54(52)57/h2-38,51,53H,1H3. The Morgan fingerprint density at radius 2 is 0.931 bits per heavy atom. The molecule has 0 amide bonds. The van der Waals surface area contributed by atoms with Gasteiger partial charge in [-0.25, -0.2) is 0 Å². The highest BCUT2D eigenvalue weighted by Crippen LogP contribution is 2.48. The van der Waals surface area contributed by atoms with E-state index in [1.54, 1.807) is 7.11 Å². The van der Waals surface area contributed by atoms with Crippen molar-refractivity contribution in [3.8, 4) is 50.3 Å². The zero-order valence-corrected chi connectivity index (χ0v) is 32.3. The van der Waals surface area contributed by atoms with Gasteiger partial charge in [-0.15, -0.1) is 0 Å². The summed E-state index contributed by atoms with van der Waals surface area (Å²) in [6.07, 6.45) is 9.02. The molecule has 0 radical (unpaired) electrons. The molecule has 8 aromatic carbocycles. The summed E-state index contributed by atoms with van der Waals surface area (Å²) < 4.78 is 5.62. The van der Waals surface area contributed by atoms with E-state index >= 15 is 0 Å². The molecule has 3 nitrogen and oxygen atoms in total. The number of para-hydroxylation sites is 2. The van der Waals surface area contributed by atoms with Crippen LogP contribution in [0.4, 0.5) is 28.4 Å². The maximum Gasteiger partial charge on any atom is 0.126 e. The van der Waals surface area contributed by atoms with Gasteiger partial charge in [-0.2, -0.15) is 0 Å². The zero-order valence-electron chi connectivity index (χ0n) is 32.3. The molecule has 0 spiro atoms. The van der Waals surface area contributed by atoms with Gasteiger partial charge in [0.25, 0.3) is 0 Å². The van der Waals surface area contributed by atoms with Crippen LogP contribution in [0.3, 0.4) is 0 Å². The van der Waals surface area contributed by atoms with Crippen molar-refractivity contribution < 1.29 is 4.74 Å². The van der Waals surface area contributed by atoms with Crippen LogP contribution < -0.4 is 14.5 Å². The molecule has 3 heteroatoms. The molecule has 10 rings (SSSR count). The molecule has 0 fully saturated rings. The fraction of sp³-hybridized carbons (Fsp3) is 0.0545. The molecule has 1 aliphatic carbocycles. The average molecular weight is 747 g/mol. The molecule has 0 aromatic heterocycles. The molecule has 0 saturated carbocycles. The molecule has 8 aromatic rings. The Hall–Kier alpha value is -7.36. The Labute approximate surface area is 341 Å². The van der Waals surface area contributed by atoms with Crippen LogP contribution in [0.15, 0.2) is 224 Å². The summed E-state index contributed by atoms with van der Waals surface area (Å²) in [5.41, 5.74) is 16.5. The number of anilines is 5. The Balaban J connectivity index is 0.967. The zero-order chi connectivity index (χ0) is 38.8. The highest BCUT2D eigenvalue weighted by Gasteiger charge is 2.37. The minimum absolute atomic E-state index is 0.269. The van der Waals surface area contributed by atoms with E-state index in [0.717, 1.165) is 39.5 Å². The molecule has 278 valence electrons. The van der Waals surface area contributed by atoms with E-state index < -0.39 is 0 Å². The summed E-state index contributed by atoms with van der Waals surface area (Å²) in [5.74, 6) is 1.23. The van der Waals surface area contributed by atoms with E-state index in [9.17, 15) is 0 Å². The number of rotatable bonds is 9. The highest BCUT2D eigenvalue weighted by atomic mass is 16.5. The number of hydrogen-bond donors (Lipinski definition) is 0. The van der Waals surface area contributed by atoms with E-state index in [1.807, 2.05) is 18.2 Å². The van der Waals surface area contributed by atoms with E-state index in [2.05, 4.69) is 216 Å². The van der Waals surface area contributed by atoms with Crippen molar-refractivity contribution in [2.24, 2.45) is 0 Å². The molecule has 2 atom stereocenters. The molecule has 58 heavy (non-hydrogen) atoms. The molecule has 0 N–H and O–H groups in total. The summed E-state index contributed by atoms with van der Waals surface area (Å²) in [5, 5.41) is 0. The van der Waals surface area contributed by atoms with Gasteiger partial charge in [0.1, 0.15) is 5.75 Å². The number of benzene rings is 8. The second-order valence-corrected chi connectivity index (χ2v) is 14.9. The van der Waals surface area contributed by atoms with Crippen molar-refractivity contribution in [2.75, 3.05) is 16.9 Å². The number of fused-ring (bicyclic) bond motifs is 3. The third kappa shape index (κ3) is 6.57. The number of ether oxygens (including phenoxy) is 1. The number of allylic oxidation sites excluding steroid dienone is 2. The molecular formula is C55H42N2O. The topological polar surface area (TPSA) is 15.7 Å². The summed E-state index contributed by atoms with van der Waals surface area (Å²) in [6, 6.07) is 72.3. The first kappa shape index (κ1) is 35.1. The number of nitrogens with zero attached hydrogens (tertiary/aromatic N) is 2. The normalized spacial score (nSPS) is 15.2. The molecule has 1 heterocycles. The Morgan fingerprint density at radius 3 is 1.59 bits per heavy atom. The van der Waals surface area contributed by atoms with Gasteiger partial charge < -0.3 is 14.5 Å². The Kier molecular flexibility index (Phi) is 9.25. The lowest BCUT2D eigenvalue weighted by molar-refractivity contribution is 0.416. The molecule has 2 aliphatic rings. The predicted molar refractivity (Wildman–Crippen MR) is 243 cm³/mol. The lowest BCUT2D eigenvalue weighted by Crippen LogP contribution is -2.28. The number of methoxy groups -OCH3 is 1. The van der Waals surface area contributed by atoms with Crippen molar-refractivity contribution in [1.82, 2.24) is 0 Å². The van der Waals surface area contributed by atoms with Crippen LogP contribution in [0.1, 0.15) is 11.5 Å². The van der Waals surface area contributed by atoms with Gasteiger partial charge in [0.2, 0.25) is 0 Å². The van der Waals surface area contributed by atoms with Crippen molar-refractivity contribution >= 4 is 28.4 Å². The molecular weight excluding hydrogens is 705 g/mol. The minimum Gasteiger partial charge on any atom is -0.496 e. The van der Waals surface area contributed by atoms with Gasteiger partial charge >= 0.3 is 0 Å². The van der Waals surface area contributed by atoms with E-state index in [1.165, 1.54) is 44.8 Å². The second-order valence-electron chi connectivity index (χ2n) is 14.9. The van der Waals surface area contributed by atoms with Gasteiger partial charge in [0, 0.05) is 39.9 Å². The first-order chi connectivity index (χ1) is 28.7. The molecule has 1 aliphatic heterocycles.